The number of rotatable bonds is 8. The van der Waals surface area contributed by atoms with Crippen LogP contribution in [0, 0.1) is 5.82 Å². The van der Waals surface area contributed by atoms with Crippen molar-refractivity contribution < 1.29 is 18.9 Å². The quantitative estimate of drug-likeness (QED) is 0.718. The van der Waals surface area contributed by atoms with E-state index in [0.29, 0.717) is 13.1 Å². The van der Waals surface area contributed by atoms with Crippen molar-refractivity contribution in [3.8, 4) is 0 Å². The fraction of sp³-hybridized carbons (Fsp3) is 0.529. The number of likely N-dealkylation sites (N-methyl/N-ethyl adjacent to an activating group) is 2. The highest BCUT2D eigenvalue weighted by molar-refractivity contribution is 5.79. The van der Waals surface area contributed by atoms with Gasteiger partial charge in [-0.25, -0.2) is 4.39 Å². The van der Waals surface area contributed by atoms with Crippen molar-refractivity contribution in [3.63, 3.8) is 0 Å². The number of benzene rings is 1. The Hall–Kier alpha value is -1.95. The molecular formula is C17H27FN3O2+. The minimum atomic E-state index is -0.306. The second kappa shape index (κ2) is 9.25. The van der Waals surface area contributed by atoms with Crippen LogP contribution in [0.1, 0.15) is 26.3 Å². The molecule has 0 fully saturated rings. The maximum atomic E-state index is 13.2. The first kappa shape index (κ1) is 19.1. The first-order valence-corrected chi connectivity index (χ1v) is 7.94. The fourth-order valence-electron chi connectivity index (χ4n) is 2.31. The molecule has 0 aliphatic heterocycles. The predicted octanol–water partition coefficient (Wildman–Crippen LogP) is 0.214. The molecule has 1 aromatic rings. The summed E-state index contributed by atoms with van der Waals surface area (Å²) in [6.07, 6.45) is 0. The molecule has 0 aliphatic carbocycles. The van der Waals surface area contributed by atoms with Gasteiger partial charge >= 0.3 is 0 Å². The van der Waals surface area contributed by atoms with Crippen molar-refractivity contribution in [3.05, 3.63) is 35.6 Å². The number of amides is 2. The van der Waals surface area contributed by atoms with Crippen molar-refractivity contribution in [1.29, 1.82) is 0 Å². The molecule has 0 spiro atoms. The van der Waals surface area contributed by atoms with Crippen LogP contribution >= 0.6 is 0 Å². The largest absolute Gasteiger partial charge is 0.349 e. The summed E-state index contributed by atoms with van der Waals surface area (Å²) in [6.45, 7) is 7.08. The van der Waals surface area contributed by atoms with Crippen LogP contribution in [-0.4, -0.2) is 49.4 Å². The number of hydrogen-bond donors (Lipinski definition) is 2. The standard InChI is InChI=1S/C17H26FN3O2/c1-5-21(10-14-7-6-8-15(18)9-14)17(23)12-20(4)11-16(22)19-13(2)3/h6-9,13H,5,10-12H2,1-4H3,(H,19,22)/p+1. The molecule has 2 amide bonds. The van der Waals surface area contributed by atoms with Crippen molar-refractivity contribution in [1.82, 2.24) is 10.2 Å². The summed E-state index contributed by atoms with van der Waals surface area (Å²) in [4.78, 5) is 26.6. The van der Waals surface area contributed by atoms with Gasteiger partial charge in [-0.2, -0.15) is 0 Å². The fourth-order valence-corrected chi connectivity index (χ4v) is 2.31. The van der Waals surface area contributed by atoms with Gasteiger partial charge in [-0.15, -0.1) is 0 Å². The normalized spacial score (nSPS) is 12.1. The molecule has 2 N–H and O–H groups in total. The van der Waals surface area contributed by atoms with E-state index < -0.39 is 0 Å². The molecular weight excluding hydrogens is 297 g/mol. The van der Waals surface area contributed by atoms with Gasteiger partial charge in [0.2, 0.25) is 0 Å². The third-order valence-corrected chi connectivity index (χ3v) is 3.36. The van der Waals surface area contributed by atoms with Gasteiger partial charge in [-0.1, -0.05) is 12.1 Å². The van der Waals surface area contributed by atoms with Gasteiger partial charge in [0, 0.05) is 19.1 Å². The van der Waals surface area contributed by atoms with Crippen LogP contribution < -0.4 is 10.2 Å². The molecule has 0 radical (unpaired) electrons. The molecule has 0 saturated carbocycles. The smallest absolute Gasteiger partial charge is 0.278 e. The molecule has 1 aromatic carbocycles. The number of halogens is 1. The van der Waals surface area contributed by atoms with E-state index in [2.05, 4.69) is 5.32 Å². The average Bonchev–Trinajstić information content (AvgIpc) is 2.43. The van der Waals surface area contributed by atoms with Crippen molar-refractivity contribution in [2.75, 3.05) is 26.7 Å². The molecule has 0 aromatic heterocycles. The maximum absolute atomic E-state index is 13.2. The molecule has 6 heteroatoms. The van der Waals surface area contributed by atoms with E-state index in [0.717, 1.165) is 10.5 Å². The minimum Gasteiger partial charge on any atom is -0.349 e. The van der Waals surface area contributed by atoms with E-state index in [9.17, 15) is 14.0 Å². The summed E-state index contributed by atoms with van der Waals surface area (Å²) in [7, 11) is 1.81. The highest BCUT2D eigenvalue weighted by atomic mass is 19.1. The molecule has 1 atom stereocenters. The van der Waals surface area contributed by atoms with E-state index in [4.69, 9.17) is 0 Å². The molecule has 128 valence electrons. The zero-order valence-electron chi connectivity index (χ0n) is 14.4. The lowest BCUT2D eigenvalue weighted by Gasteiger charge is -2.23. The molecule has 0 heterocycles. The average molecular weight is 324 g/mol. The van der Waals surface area contributed by atoms with Crippen LogP contribution in [0.3, 0.4) is 0 Å². The summed E-state index contributed by atoms with van der Waals surface area (Å²) in [5, 5.41) is 2.81. The Morgan fingerprint density at radius 2 is 2.00 bits per heavy atom. The maximum Gasteiger partial charge on any atom is 0.278 e. The van der Waals surface area contributed by atoms with E-state index in [1.165, 1.54) is 12.1 Å². The molecule has 23 heavy (non-hydrogen) atoms. The lowest BCUT2D eigenvalue weighted by Crippen LogP contribution is -3.11. The van der Waals surface area contributed by atoms with Crippen molar-refractivity contribution >= 4 is 11.8 Å². The van der Waals surface area contributed by atoms with Crippen LogP contribution in [0.4, 0.5) is 4.39 Å². The Morgan fingerprint density at radius 1 is 1.30 bits per heavy atom. The SMILES string of the molecule is CCN(Cc1cccc(F)c1)C(=O)C[NH+](C)CC(=O)NC(C)C. The number of nitrogens with one attached hydrogen (secondary N) is 2. The second-order valence-electron chi connectivity index (χ2n) is 6.07. The second-order valence-corrected chi connectivity index (χ2v) is 6.07. The highest BCUT2D eigenvalue weighted by Crippen LogP contribution is 2.07. The molecule has 0 saturated heterocycles. The van der Waals surface area contributed by atoms with Crippen LogP contribution in [0.15, 0.2) is 24.3 Å². The summed E-state index contributed by atoms with van der Waals surface area (Å²) in [6, 6.07) is 6.34. The molecule has 1 unspecified atom stereocenters. The lowest BCUT2D eigenvalue weighted by molar-refractivity contribution is -0.863. The molecule has 0 aliphatic rings. The topological polar surface area (TPSA) is 53.9 Å². The van der Waals surface area contributed by atoms with E-state index in [1.54, 1.807) is 17.0 Å². The van der Waals surface area contributed by atoms with E-state index >= 15 is 0 Å². The van der Waals surface area contributed by atoms with Gasteiger partial charge in [-0.05, 0) is 38.5 Å². The van der Waals surface area contributed by atoms with Gasteiger partial charge < -0.3 is 15.1 Å². The molecule has 5 nitrogen and oxygen atoms in total. The van der Waals surface area contributed by atoms with Crippen LogP contribution in [0.25, 0.3) is 0 Å². The number of carbonyl (C=O) groups excluding carboxylic acids is 2. The predicted molar refractivity (Wildman–Crippen MR) is 87.4 cm³/mol. The summed E-state index contributed by atoms with van der Waals surface area (Å²) < 4.78 is 13.2. The third kappa shape index (κ3) is 7.23. The minimum absolute atomic E-state index is 0.0494. The Labute approximate surface area is 137 Å². The lowest BCUT2D eigenvalue weighted by atomic mass is 10.2. The molecule has 0 bridgehead atoms. The number of nitrogens with zero attached hydrogens (tertiary/aromatic N) is 1. The summed E-state index contributed by atoms with van der Waals surface area (Å²) in [5.74, 6) is -0.427. The first-order valence-electron chi connectivity index (χ1n) is 7.94. The van der Waals surface area contributed by atoms with Crippen molar-refractivity contribution in [2.45, 2.75) is 33.4 Å². The monoisotopic (exact) mass is 324 g/mol. The summed E-state index contributed by atoms with van der Waals surface area (Å²) in [5.41, 5.74) is 0.760. The van der Waals surface area contributed by atoms with E-state index in [-0.39, 0.29) is 36.8 Å². The van der Waals surface area contributed by atoms with Crippen molar-refractivity contribution in [2.24, 2.45) is 0 Å². The molecule has 1 rings (SSSR count). The van der Waals surface area contributed by atoms with Gasteiger partial charge in [-0.3, -0.25) is 9.59 Å². The van der Waals surface area contributed by atoms with Crippen LogP contribution in [0.5, 0.6) is 0 Å². The van der Waals surface area contributed by atoms with E-state index in [1.807, 2.05) is 27.8 Å². The van der Waals surface area contributed by atoms with Gasteiger partial charge in [0.25, 0.3) is 11.8 Å². The highest BCUT2D eigenvalue weighted by Gasteiger charge is 2.19. The Morgan fingerprint density at radius 3 is 2.57 bits per heavy atom. The summed E-state index contributed by atoms with van der Waals surface area (Å²) >= 11 is 0. The number of hydrogen-bond acceptors (Lipinski definition) is 2. The third-order valence-electron chi connectivity index (χ3n) is 3.36. The zero-order valence-corrected chi connectivity index (χ0v) is 14.4. The first-order chi connectivity index (χ1) is 10.8. The van der Waals surface area contributed by atoms with Gasteiger partial charge in [0.15, 0.2) is 13.1 Å². The number of carbonyl (C=O) groups is 2. The Balaban J connectivity index is 2.54. The van der Waals surface area contributed by atoms with Crippen LogP contribution in [0.2, 0.25) is 0 Å². The van der Waals surface area contributed by atoms with Crippen LogP contribution in [-0.2, 0) is 16.1 Å². The Kier molecular flexibility index (Phi) is 7.68. The number of quaternary nitrogens is 1. The van der Waals surface area contributed by atoms with Gasteiger partial charge in [0.05, 0.1) is 7.05 Å². The van der Waals surface area contributed by atoms with Gasteiger partial charge in [0.1, 0.15) is 5.82 Å². The Bertz CT molecular complexity index is 534. The zero-order chi connectivity index (χ0) is 17.4.